The van der Waals surface area contributed by atoms with Crippen LogP contribution in [0.15, 0.2) is 18.3 Å². The Morgan fingerprint density at radius 2 is 2.21 bits per heavy atom. The van der Waals surface area contributed by atoms with Crippen LogP contribution >= 0.6 is 0 Å². The van der Waals surface area contributed by atoms with Crippen LogP contribution in [0.25, 0.3) is 0 Å². The second kappa shape index (κ2) is 7.74. The van der Waals surface area contributed by atoms with Crippen LogP contribution in [0.4, 0.5) is 5.82 Å². The largest absolute Gasteiger partial charge is 0.370 e. The molecule has 0 aliphatic carbocycles. The molecule has 0 spiro atoms. The number of primary amides is 1. The molecule has 0 saturated heterocycles. The lowest BCUT2D eigenvalue weighted by Gasteiger charge is -2.22. The average molecular weight is 264 g/mol. The number of anilines is 1. The van der Waals surface area contributed by atoms with Crippen molar-refractivity contribution in [2.45, 2.75) is 27.3 Å². The van der Waals surface area contributed by atoms with Crippen LogP contribution in [-0.4, -0.2) is 35.4 Å². The van der Waals surface area contributed by atoms with E-state index in [4.69, 9.17) is 5.73 Å². The van der Waals surface area contributed by atoms with Crippen LogP contribution in [0.5, 0.6) is 0 Å². The van der Waals surface area contributed by atoms with Gasteiger partial charge >= 0.3 is 0 Å². The minimum absolute atomic E-state index is 0.285. The van der Waals surface area contributed by atoms with E-state index in [1.54, 1.807) is 0 Å². The van der Waals surface area contributed by atoms with E-state index in [2.05, 4.69) is 29.0 Å². The summed E-state index contributed by atoms with van der Waals surface area (Å²) in [6.07, 6.45) is 1.84. The molecular weight excluding hydrogens is 240 g/mol. The molecule has 0 bridgehead atoms. The molecule has 1 amide bonds. The Hall–Kier alpha value is -1.62. The minimum atomic E-state index is -0.294. The summed E-state index contributed by atoms with van der Waals surface area (Å²) < 4.78 is 0. The molecule has 1 aromatic heterocycles. The maximum Gasteiger partial charge on any atom is 0.231 e. The molecule has 1 rings (SSSR count). The average Bonchev–Trinajstić information content (AvgIpc) is 2.30. The zero-order valence-electron chi connectivity index (χ0n) is 12.0. The maximum atomic E-state index is 11.1. The standard InChI is InChI=1S/C14H24N4O/c1-4-16-14-6-5-12(7-17-14)9-18(8-11(2)3)10-13(15)19/h5-7,11H,4,8-10H2,1-3H3,(H2,15,19)(H,16,17). The fraction of sp³-hybridized carbons (Fsp3) is 0.571. The molecule has 0 radical (unpaired) electrons. The first-order chi connectivity index (χ1) is 9.01. The number of amides is 1. The Balaban J connectivity index is 2.64. The van der Waals surface area contributed by atoms with E-state index in [-0.39, 0.29) is 12.5 Å². The highest BCUT2D eigenvalue weighted by atomic mass is 16.1. The zero-order valence-corrected chi connectivity index (χ0v) is 12.0. The van der Waals surface area contributed by atoms with Crippen molar-refractivity contribution < 1.29 is 4.79 Å². The molecule has 1 heterocycles. The zero-order chi connectivity index (χ0) is 14.3. The number of rotatable bonds is 8. The summed E-state index contributed by atoms with van der Waals surface area (Å²) in [6, 6.07) is 3.98. The van der Waals surface area contributed by atoms with Crippen molar-refractivity contribution in [1.82, 2.24) is 9.88 Å². The van der Waals surface area contributed by atoms with Gasteiger partial charge in [0.15, 0.2) is 0 Å². The summed E-state index contributed by atoms with van der Waals surface area (Å²) in [5, 5.41) is 3.15. The van der Waals surface area contributed by atoms with Crippen molar-refractivity contribution in [3.8, 4) is 0 Å². The van der Waals surface area contributed by atoms with E-state index in [1.165, 1.54) is 0 Å². The quantitative estimate of drug-likeness (QED) is 0.745. The van der Waals surface area contributed by atoms with Crippen molar-refractivity contribution >= 4 is 11.7 Å². The number of nitrogens with zero attached hydrogens (tertiary/aromatic N) is 2. The fourth-order valence-corrected chi connectivity index (χ4v) is 1.98. The van der Waals surface area contributed by atoms with Crippen LogP contribution in [-0.2, 0) is 11.3 Å². The van der Waals surface area contributed by atoms with Gasteiger partial charge in [0.05, 0.1) is 6.54 Å². The molecule has 5 heteroatoms. The Bertz CT molecular complexity index is 389. The summed E-state index contributed by atoms with van der Waals surface area (Å²) in [5.41, 5.74) is 6.37. The first-order valence-electron chi connectivity index (χ1n) is 6.70. The second-order valence-corrected chi connectivity index (χ2v) is 5.11. The lowest BCUT2D eigenvalue weighted by molar-refractivity contribution is -0.119. The topological polar surface area (TPSA) is 71.2 Å². The Morgan fingerprint density at radius 1 is 1.47 bits per heavy atom. The van der Waals surface area contributed by atoms with E-state index in [0.29, 0.717) is 12.5 Å². The summed E-state index contributed by atoms with van der Waals surface area (Å²) in [4.78, 5) is 17.5. The lowest BCUT2D eigenvalue weighted by Crippen LogP contribution is -2.35. The number of carbonyl (C=O) groups excluding carboxylic acids is 1. The number of nitrogens with two attached hydrogens (primary N) is 1. The fourth-order valence-electron chi connectivity index (χ4n) is 1.98. The highest BCUT2D eigenvalue weighted by molar-refractivity contribution is 5.75. The Labute approximate surface area is 115 Å². The number of nitrogens with one attached hydrogen (secondary N) is 1. The number of pyridine rings is 1. The van der Waals surface area contributed by atoms with Crippen molar-refractivity contribution in [1.29, 1.82) is 0 Å². The molecule has 0 aliphatic rings. The van der Waals surface area contributed by atoms with E-state index < -0.39 is 0 Å². The van der Waals surface area contributed by atoms with Crippen molar-refractivity contribution in [2.75, 3.05) is 25.0 Å². The first-order valence-corrected chi connectivity index (χ1v) is 6.70. The number of aromatic nitrogens is 1. The number of hydrogen-bond acceptors (Lipinski definition) is 4. The molecule has 1 aromatic rings. The van der Waals surface area contributed by atoms with Gasteiger partial charge in [-0.15, -0.1) is 0 Å². The van der Waals surface area contributed by atoms with Crippen molar-refractivity contribution in [3.63, 3.8) is 0 Å². The highest BCUT2D eigenvalue weighted by Crippen LogP contribution is 2.09. The van der Waals surface area contributed by atoms with Crippen LogP contribution in [0, 0.1) is 5.92 Å². The normalized spacial score (nSPS) is 11.0. The molecule has 19 heavy (non-hydrogen) atoms. The van der Waals surface area contributed by atoms with E-state index >= 15 is 0 Å². The van der Waals surface area contributed by atoms with Gasteiger partial charge in [0.2, 0.25) is 5.91 Å². The van der Waals surface area contributed by atoms with E-state index in [0.717, 1.165) is 24.5 Å². The minimum Gasteiger partial charge on any atom is -0.370 e. The van der Waals surface area contributed by atoms with Crippen molar-refractivity contribution in [3.05, 3.63) is 23.9 Å². The van der Waals surface area contributed by atoms with Crippen LogP contribution in [0.3, 0.4) is 0 Å². The molecule has 106 valence electrons. The van der Waals surface area contributed by atoms with Gasteiger partial charge in [-0.2, -0.15) is 0 Å². The van der Waals surface area contributed by atoms with Gasteiger partial charge in [-0.3, -0.25) is 9.69 Å². The summed E-state index contributed by atoms with van der Waals surface area (Å²) in [5.74, 6) is 1.07. The first kappa shape index (κ1) is 15.4. The molecule has 0 aliphatic heterocycles. The van der Waals surface area contributed by atoms with Gasteiger partial charge in [-0.25, -0.2) is 4.98 Å². The monoisotopic (exact) mass is 264 g/mol. The van der Waals surface area contributed by atoms with Gasteiger partial charge in [-0.1, -0.05) is 19.9 Å². The SMILES string of the molecule is CCNc1ccc(CN(CC(N)=O)CC(C)C)cn1. The predicted molar refractivity (Wildman–Crippen MR) is 77.7 cm³/mol. The predicted octanol–water partition coefficient (Wildman–Crippen LogP) is 1.46. The summed E-state index contributed by atoms with van der Waals surface area (Å²) >= 11 is 0. The molecule has 3 N–H and O–H groups in total. The molecular formula is C14H24N4O. The van der Waals surface area contributed by atoms with E-state index in [1.807, 2.05) is 25.3 Å². The molecule has 0 saturated carbocycles. The molecule has 5 nitrogen and oxygen atoms in total. The van der Waals surface area contributed by atoms with Gasteiger partial charge in [0.25, 0.3) is 0 Å². The second-order valence-electron chi connectivity index (χ2n) is 5.11. The Morgan fingerprint density at radius 3 is 2.68 bits per heavy atom. The third-order valence-corrected chi connectivity index (χ3v) is 2.59. The molecule has 0 atom stereocenters. The van der Waals surface area contributed by atoms with Crippen LogP contribution in [0.1, 0.15) is 26.3 Å². The highest BCUT2D eigenvalue weighted by Gasteiger charge is 2.11. The smallest absolute Gasteiger partial charge is 0.231 e. The van der Waals surface area contributed by atoms with Gasteiger partial charge in [0.1, 0.15) is 5.82 Å². The van der Waals surface area contributed by atoms with Crippen LogP contribution < -0.4 is 11.1 Å². The number of hydrogen-bond donors (Lipinski definition) is 2. The summed E-state index contributed by atoms with van der Waals surface area (Å²) in [6.45, 7) is 8.97. The molecule has 0 fully saturated rings. The maximum absolute atomic E-state index is 11.1. The third kappa shape index (κ3) is 6.20. The summed E-state index contributed by atoms with van der Waals surface area (Å²) in [7, 11) is 0. The third-order valence-electron chi connectivity index (χ3n) is 2.59. The van der Waals surface area contributed by atoms with Gasteiger partial charge in [0, 0.05) is 25.8 Å². The molecule has 0 unspecified atom stereocenters. The van der Waals surface area contributed by atoms with Crippen LogP contribution in [0.2, 0.25) is 0 Å². The van der Waals surface area contributed by atoms with E-state index in [9.17, 15) is 4.79 Å². The van der Waals surface area contributed by atoms with Gasteiger partial charge < -0.3 is 11.1 Å². The number of carbonyl (C=O) groups is 1. The van der Waals surface area contributed by atoms with Gasteiger partial charge in [-0.05, 0) is 24.5 Å². The Kier molecular flexibility index (Phi) is 6.29. The van der Waals surface area contributed by atoms with Crippen molar-refractivity contribution in [2.24, 2.45) is 11.7 Å². The molecule has 0 aromatic carbocycles. The lowest BCUT2D eigenvalue weighted by atomic mass is 10.2.